The average Bonchev–Trinajstić information content (AvgIpc) is 3.33. The summed E-state index contributed by atoms with van der Waals surface area (Å²) in [6.07, 6.45) is 2.68. The molecule has 1 atom stereocenters. The summed E-state index contributed by atoms with van der Waals surface area (Å²) in [5.41, 5.74) is 2.25. The molecule has 0 radical (unpaired) electrons. The number of esters is 1. The molecule has 3 aromatic rings. The van der Waals surface area contributed by atoms with Gasteiger partial charge in [0.25, 0.3) is 5.91 Å². The molecule has 0 fully saturated rings. The number of carbonyl (C=O) groups is 2. The maximum Gasteiger partial charge on any atom is 0.341 e. The van der Waals surface area contributed by atoms with Crippen LogP contribution >= 0.6 is 46.8 Å². The van der Waals surface area contributed by atoms with Crippen molar-refractivity contribution < 1.29 is 18.8 Å². The summed E-state index contributed by atoms with van der Waals surface area (Å²) >= 11 is 19.5. The lowest BCUT2D eigenvalue weighted by atomic mass is 9.88. The van der Waals surface area contributed by atoms with Crippen LogP contribution in [0.1, 0.15) is 57.2 Å². The van der Waals surface area contributed by atoms with Crippen molar-refractivity contribution in [1.29, 1.82) is 0 Å². The summed E-state index contributed by atoms with van der Waals surface area (Å²) in [6.45, 7) is 5.83. The number of halogens is 2. The SMILES string of the molecule is CCOC(=O)c1c(NC(=S)NC(=O)c2c(-c3c(Cl)cccc3Cl)noc2C)sc2c1CC[C@@H](C)C2. The fraction of sp³-hybridized carbons (Fsp3) is 0.333. The molecule has 1 aromatic carbocycles. The Labute approximate surface area is 222 Å². The van der Waals surface area contributed by atoms with Crippen molar-refractivity contribution >= 4 is 68.7 Å². The van der Waals surface area contributed by atoms with Gasteiger partial charge in [-0.1, -0.05) is 41.3 Å². The summed E-state index contributed by atoms with van der Waals surface area (Å²) < 4.78 is 10.6. The highest BCUT2D eigenvalue weighted by atomic mass is 35.5. The number of hydrogen-bond acceptors (Lipinski definition) is 7. The third-order valence-corrected chi connectivity index (χ3v) is 7.74. The molecule has 7 nitrogen and oxygen atoms in total. The van der Waals surface area contributed by atoms with Gasteiger partial charge in [0.1, 0.15) is 22.0 Å². The highest BCUT2D eigenvalue weighted by Gasteiger charge is 2.30. The van der Waals surface area contributed by atoms with E-state index in [-0.39, 0.29) is 28.7 Å². The smallest absolute Gasteiger partial charge is 0.341 e. The number of anilines is 1. The highest BCUT2D eigenvalue weighted by Crippen LogP contribution is 2.40. The van der Waals surface area contributed by atoms with Crippen LogP contribution < -0.4 is 10.6 Å². The van der Waals surface area contributed by atoms with E-state index in [1.807, 2.05) is 0 Å². The Hall–Kier alpha value is -2.46. The Kier molecular flexibility index (Phi) is 7.80. The molecule has 0 bridgehead atoms. The number of aryl methyl sites for hydroxylation is 1. The van der Waals surface area contributed by atoms with Gasteiger partial charge in [-0.25, -0.2) is 4.79 Å². The lowest BCUT2D eigenvalue weighted by Gasteiger charge is -2.18. The summed E-state index contributed by atoms with van der Waals surface area (Å²) in [5.74, 6) is -0.132. The van der Waals surface area contributed by atoms with Crippen molar-refractivity contribution in [3.8, 4) is 11.3 Å². The van der Waals surface area contributed by atoms with Gasteiger partial charge < -0.3 is 14.6 Å². The van der Waals surface area contributed by atoms with Crippen LogP contribution in [-0.4, -0.2) is 28.8 Å². The van der Waals surface area contributed by atoms with E-state index in [1.165, 1.54) is 11.3 Å². The second kappa shape index (κ2) is 10.7. The van der Waals surface area contributed by atoms with E-state index in [9.17, 15) is 9.59 Å². The Bertz CT molecular complexity index is 1300. The number of ether oxygens (including phenoxy) is 1. The zero-order chi connectivity index (χ0) is 25.3. The van der Waals surface area contributed by atoms with Gasteiger partial charge in [0.05, 0.1) is 22.2 Å². The summed E-state index contributed by atoms with van der Waals surface area (Å²) in [5, 5.41) is 10.9. The monoisotopic (exact) mass is 551 g/mol. The van der Waals surface area contributed by atoms with E-state index in [4.69, 9.17) is 44.7 Å². The number of carbonyl (C=O) groups excluding carboxylic acids is 2. The molecule has 184 valence electrons. The molecule has 0 spiro atoms. The molecule has 0 unspecified atom stereocenters. The van der Waals surface area contributed by atoms with Crippen LogP contribution in [0.15, 0.2) is 22.7 Å². The minimum atomic E-state index is -0.542. The number of benzene rings is 1. The third kappa shape index (κ3) is 5.23. The number of aromatic nitrogens is 1. The van der Waals surface area contributed by atoms with Crippen molar-refractivity contribution in [3.05, 3.63) is 55.6 Å². The fourth-order valence-electron chi connectivity index (χ4n) is 4.09. The maximum absolute atomic E-state index is 13.2. The molecule has 0 aliphatic heterocycles. The molecule has 11 heteroatoms. The van der Waals surface area contributed by atoms with Gasteiger partial charge >= 0.3 is 5.97 Å². The van der Waals surface area contributed by atoms with Crippen molar-refractivity contribution in [2.75, 3.05) is 11.9 Å². The van der Waals surface area contributed by atoms with Crippen LogP contribution in [0, 0.1) is 12.8 Å². The third-order valence-electron chi connectivity index (χ3n) is 5.73. The maximum atomic E-state index is 13.2. The molecule has 2 N–H and O–H groups in total. The molecular formula is C24H23Cl2N3O4S2. The van der Waals surface area contributed by atoms with Crippen LogP contribution in [0.2, 0.25) is 10.0 Å². The van der Waals surface area contributed by atoms with Crippen molar-refractivity contribution in [2.24, 2.45) is 5.92 Å². The topological polar surface area (TPSA) is 93.5 Å². The van der Waals surface area contributed by atoms with E-state index in [0.717, 1.165) is 29.7 Å². The summed E-state index contributed by atoms with van der Waals surface area (Å²) in [6, 6.07) is 5.00. The van der Waals surface area contributed by atoms with Gasteiger partial charge in [0, 0.05) is 10.4 Å². The van der Waals surface area contributed by atoms with Crippen LogP contribution in [0.3, 0.4) is 0 Å². The molecule has 0 saturated heterocycles. The number of nitrogens with zero attached hydrogens (tertiary/aromatic N) is 1. The van der Waals surface area contributed by atoms with E-state index in [1.54, 1.807) is 32.0 Å². The van der Waals surface area contributed by atoms with Crippen molar-refractivity contribution in [2.45, 2.75) is 40.0 Å². The van der Waals surface area contributed by atoms with Crippen LogP contribution in [0.25, 0.3) is 11.3 Å². The van der Waals surface area contributed by atoms with Gasteiger partial charge in [-0.2, -0.15) is 0 Å². The van der Waals surface area contributed by atoms with Crippen molar-refractivity contribution in [3.63, 3.8) is 0 Å². The summed E-state index contributed by atoms with van der Waals surface area (Å²) in [7, 11) is 0. The second-order valence-corrected chi connectivity index (χ2v) is 10.6. The molecular weight excluding hydrogens is 529 g/mol. The number of thiophene rings is 1. The van der Waals surface area contributed by atoms with E-state index < -0.39 is 11.9 Å². The zero-order valence-corrected chi connectivity index (χ0v) is 22.4. The van der Waals surface area contributed by atoms with Crippen LogP contribution in [-0.2, 0) is 17.6 Å². The number of thiocarbonyl (C=S) groups is 1. The lowest BCUT2D eigenvalue weighted by Crippen LogP contribution is -2.34. The van der Waals surface area contributed by atoms with E-state index in [2.05, 4.69) is 22.7 Å². The standard InChI is InChI=1S/C24H23Cl2N3O4S2/c1-4-32-23(31)18-13-9-8-11(2)10-16(13)35-22(18)28-24(34)27-21(30)17-12(3)33-29-20(17)19-14(25)6-5-7-15(19)26/h5-7,11H,4,8-10H2,1-3H3,(H2,27,28,30,34)/t11-/m1/s1. The quantitative estimate of drug-likeness (QED) is 0.278. The van der Waals surface area contributed by atoms with Gasteiger partial charge in [-0.3, -0.25) is 10.1 Å². The van der Waals surface area contributed by atoms with Gasteiger partial charge in [0.2, 0.25) is 0 Å². The predicted molar refractivity (Wildman–Crippen MR) is 142 cm³/mol. The number of rotatable bonds is 5. The molecule has 1 aliphatic rings. The first kappa shape index (κ1) is 25.6. The molecule has 1 aliphatic carbocycles. The Morgan fingerprint density at radius 2 is 2.00 bits per heavy atom. The highest BCUT2D eigenvalue weighted by molar-refractivity contribution is 7.80. The normalized spacial score (nSPS) is 14.8. The van der Waals surface area contributed by atoms with E-state index in [0.29, 0.717) is 32.1 Å². The Morgan fingerprint density at radius 3 is 2.69 bits per heavy atom. The zero-order valence-electron chi connectivity index (χ0n) is 19.3. The molecule has 2 aromatic heterocycles. The molecule has 1 amide bonds. The Morgan fingerprint density at radius 1 is 1.29 bits per heavy atom. The van der Waals surface area contributed by atoms with Crippen LogP contribution in [0.5, 0.6) is 0 Å². The number of amides is 1. The molecule has 0 saturated carbocycles. The van der Waals surface area contributed by atoms with Gasteiger partial charge in [-0.15, -0.1) is 11.3 Å². The first-order chi connectivity index (χ1) is 16.7. The molecule has 35 heavy (non-hydrogen) atoms. The number of fused-ring (bicyclic) bond motifs is 1. The first-order valence-electron chi connectivity index (χ1n) is 11.1. The van der Waals surface area contributed by atoms with E-state index >= 15 is 0 Å². The second-order valence-electron chi connectivity index (χ2n) is 8.24. The minimum absolute atomic E-state index is 0.0315. The van der Waals surface area contributed by atoms with Gasteiger partial charge in [0.15, 0.2) is 5.11 Å². The van der Waals surface area contributed by atoms with Crippen LogP contribution in [0.4, 0.5) is 5.00 Å². The fourth-order valence-corrected chi connectivity index (χ4v) is 6.33. The first-order valence-corrected chi connectivity index (χ1v) is 13.0. The summed E-state index contributed by atoms with van der Waals surface area (Å²) in [4.78, 5) is 27.1. The molecule has 2 heterocycles. The molecule has 4 rings (SSSR count). The average molecular weight is 553 g/mol. The largest absolute Gasteiger partial charge is 0.462 e. The Balaban J connectivity index is 1.60. The number of hydrogen-bond donors (Lipinski definition) is 2. The minimum Gasteiger partial charge on any atom is -0.462 e. The number of nitrogens with one attached hydrogen (secondary N) is 2. The predicted octanol–water partition coefficient (Wildman–Crippen LogP) is 6.45. The van der Waals surface area contributed by atoms with Gasteiger partial charge in [-0.05, 0) is 68.9 Å². The lowest BCUT2D eigenvalue weighted by molar-refractivity contribution is 0.0526. The van der Waals surface area contributed by atoms with Crippen molar-refractivity contribution in [1.82, 2.24) is 10.5 Å².